The predicted octanol–water partition coefficient (Wildman–Crippen LogP) is 2.70. The van der Waals surface area contributed by atoms with Crippen molar-refractivity contribution in [3.05, 3.63) is 82.9 Å². The molecule has 0 amide bonds. The van der Waals surface area contributed by atoms with Crippen LogP contribution in [0.15, 0.2) is 60.7 Å². The van der Waals surface area contributed by atoms with Crippen LogP contribution in [-0.2, 0) is 9.59 Å². The van der Waals surface area contributed by atoms with E-state index in [1.54, 1.807) is 36.4 Å². The minimum absolute atomic E-state index is 0.139. The van der Waals surface area contributed by atoms with Crippen molar-refractivity contribution in [2.24, 2.45) is 0 Å². The Bertz CT molecular complexity index is 943. The monoisotopic (exact) mass is 348 g/mol. The van der Waals surface area contributed by atoms with E-state index < -0.39 is 23.1 Å². The number of hydrogen-bond donors (Lipinski definition) is 2. The molecule has 0 saturated heterocycles. The Morgan fingerprint density at radius 3 is 1.15 bits per heavy atom. The van der Waals surface area contributed by atoms with Crippen LogP contribution in [0.1, 0.15) is 31.8 Å². The van der Waals surface area contributed by atoms with Gasteiger partial charge in [-0.1, -0.05) is 48.5 Å². The molecule has 128 valence electrons. The highest BCUT2D eigenvalue weighted by atomic mass is 16.3. The van der Waals surface area contributed by atoms with Gasteiger partial charge in [0.05, 0.1) is 0 Å². The molecule has 0 heterocycles. The first-order valence-electron chi connectivity index (χ1n) is 7.57. The normalized spacial score (nSPS) is 15.2. The van der Waals surface area contributed by atoms with Gasteiger partial charge in [-0.15, -0.1) is 0 Å². The second-order valence-electron chi connectivity index (χ2n) is 5.54. The largest absolute Gasteiger partial charge is 0.507 e. The van der Waals surface area contributed by atoms with E-state index in [1.807, 2.05) is 0 Å². The number of rotatable bonds is 0. The summed E-state index contributed by atoms with van der Waals surface area (Å²) in [6.07, 6.45) is 1.90. The SMILES string of the molecule is O=C1C=C(O)c2ccccc2C1=O.O=C1C=C(O)c2ccccc2C1=O. The van der Waals surface area contributed by atoms with Gasteiger partial charge in [-0.05, 0) is 0 Å². The van der Waals surface area contributed by atoms with Gasteiger partial charge in [-0.2, -0.15) is 0 Å². The zero-order chi connectivity index (χ0) is 18.8. The second-order valence-corrected chi connectivity index (χ2v) is 5.54. The summed E-state index contributed by atoms with van der Waals surface area (Å²) >= 11 is 0. The average Bonchev–Trinajstić information content (AvgIpc) is 2.65. The molecule has 2 aliphatic rings. The lowest BCUT2D eigenvalue weighted by atomic mass is 9.94. The van der Waals surface area contributed by atoms with E-state index in [-0.39, 0.29) is 22.6 Å². The Morgan fingerprint density at radius 2 is 0.808 bits per heavy atom. The highest BCUT2D eigenvalue weighted by Crippen LogP contribution is 2.23. The Kier molecular flexibility index (Phi) is 4.33. The third-order valence-electron chi connectivity index (χ3n) is 3.88. The summed E-state index contributed by atoms with van der Waals surface area (Å²) < 4.78 is 0. The van der Waals surface area contributed by atoms with Crippen molar-refractivity contribution in [3.63, 3.8) is 0 Å². The van der Waals surface area contributed by atoms with Gasteiger partial charge < -0.3 is 10.2 Å². The van der Waals surface area contributed by atoms with Crippen LogP contribution < -0.4 is 0 Å². The number of fused-ring (bicyclic) bond motifs is 2. The van der Waals surface area contributed by atoms with Crippen LogP contribution >= 0.6 is 0 Å². The zero-order valence-electron chi connectivity index (χ0n) is 13.3. The Morgan fingerprint density at radius 1 is 0.500 bits per heavy atom. The Hall–Kier alpha value is -3.80. The molecule has 0 spiro atoms. The van der Waals surface area contributed by atoms with Crippen LogP contribution in [0.3, 0.4) is 0 Å². The lowest BCUT2D eigenvalue weighted by molar-refractivity contribution is -0.111. The number of carbonyl (C=O) groups is 4. The van der Waals surface area contributed by atoms with Crippen LogP contribution in [0.5, 0.6) is 0 Å². The molecule has 6 heteroatoms. The van der Waals surface area contributed by atoms with Gasteiger partial charge >= 0.3 is 0 Å². The lowest BCUT2D eigenvalue weighted by Crippen LogP contribution is -2.18. The standard InChI is InChI=1S/2C10H6O3/c2*11-8-5-9(12)10(13)7-4-2-1-3-6(7)8/h2*1-5,11H. The van der Waals surface area contributed by atoms with Crippen molar-refractivity contribution in [1.29, 1.82) is 0 Å². The van der Waals surface area contributed by atoms with Gasteiger partial charge in [0.2, 0.25) is 23.1 Å². The molecule has 2 aliphatic carbocycles. The van der Waals surface area contributed by atoms with Gasteiger partial charge in [0.25, 0.3) is 0 Å². The maximum Gasteiger partial charge on any atom is 0.233 e. The second kappa shape index (κ2) is 6.60. The molecule has 0 saturated carbocycles. The molecule has 4 rings (SSSR count). The minimum Gasteiger partial charge on any atom is -0.507 e. The van der Waals surface area contributed by atoms with Gasteiger partial charge in [-0.25, -0.2) is 0 Å². The fourth-order valence-corrected chi connectivity index (χ4v) is 2.61. The van der Waals surface area contributed by atoms with E-state index in [0.717, 1.165) is 12.2 Å². The summed E-state index contributed by atoms with van der Waals surface area (Å²) in [5.74, 6) is -2.74. The molecule has 0 bridgehead atoms. The topological polar surface area (TPSA) is 109 Å². The fraction of sp³-hybridized carbons (Fsp3) is 0. The summed E-state index contributed by atoms with van der Waals surface area (Å²) in [6, 6.07) is 13.0. The molecule has 2 aromatic rings. The molecule has 0 unspecified atom stereocenters. The fourth-order valence-electron chi connectivity index (χ4n) is 2.61. The summed E-state index contributed by atoms with van der Waals surface area (Å²) in [5.41, 5.74) is 1.39. The number of carbonyl (C=O) groups excluding carboxylic acids is 4. The third-order valence-corrected chi connectivity index (χ3v) is 3.88. The van der Waals surface area contributed by atoms with Crippen LogP contribution in [0.4, 0.5) is 0 Å². The molecular formula is C20H12O6. The van der Waals surface area contributed by atoms with Crippen molar-refractivity contribution in [2.45, 2.75) is 0 Å². The lowest BCUT2D eigenvalue weighted by Gasteiger charge is -2.10. The number of aliphatic hydroxyl groups excluding tert-OH is 2. The highest BCUT2D eigenvalue weighted by molar-refractivity contribution is 6.50. The zero-order valence-corrected chi connectivity index (χ0v) is 13.3. The first kappa shape index (κ1) is 17.0. The molecule has 2 N–H and O–H groups in total. The number of Topliss-reactive ketones (excluding diaryl/α,β-unsaturated/α-hetero) is 2. The maximum absolute atomic E-state index is 11.3. The van der Waals surface area contributed by atoms with Gasteiger partial charge in [0.15, 0.2) is 0 Å². The van der Waals surface area contributed by atoms with Crippen molar-refractivity contribution in [1.82, 2.24) is 0 Å². The van der Waals surface area contributed by atoms with Crippen molar-refractivity contribution in [3.8, 4) is 0 Å². The van der Waals surface area contributed by atoms with E-state index >= 15 is 0 Å². The van der Waals surface area contributed by atoms with E-state index in [4.69, 9.17) is 0 Å². The van der Waals surface area contributed by atoms with Crippen molar-refractivity contribution >= 4 is 34.7 Å². The van der Waals surface area contributed by atoms with Gasteiger partial charge in [-0.3, -0.25) is 19.2 Å². The molecule has 0 aliphatic heterocycles. The first-order valence-corrected chi connectivity index (χ1v) is 7.57. The van der Waals surface area contributed by atoms with Gasteiger partial charge in [0, 0.05) is 34.4 Å². The van der Waals surface area contributed by atoms with Crippen LogP contribution in [-0.4, -0.2) is 33.3 Å². The molecule has 26 heavy (non-hydrogen) atoms. The number of aliphatic hydroxyl groups is 2. The summed E-state index contributed by atoms with van der Waals surface area (Å²) in [5, 5.41) is 18.7. The molecule has 0 atom stereocenters. The predicted molar refractivity (Wildman–Crippen MR) is 92.8 cm³/mol. The third kappa shape index (κ3) is 2.95. The quantitative estimate of drug-likeness (QED) is 0.709. The van der Waals surface area contributed by atoms with Crippen LogP contribution in [0.25, 0.3) is 11.5 Å². The molecule has 6 nitrogen and oxygen atoms in total. The Balaban J connectivity index is 0.000000151. The molecular weight excluding hydrogens is 336 g/mol. The van der Waals surface area contributed by atoms with E-state index in [0.29, 0.717) is 11.1 Å². The smallest absolute Gasteiger partial charge is 0.233 e. The van der Waals surface area contributed by atoms with Crippen LogP contribution in [0, 0.1) is 0 Å². The van der Waals surface area contributed by atoms with Gasteiger partial charge in [0.1, 0.15) is 11.5 Å². The van der Waals surface area contributed by atoms with Crippen molar-refractivity contribution < 1.29 is 29.4 Å². The highest BCUT2D eigenvalue weighted by Gasteiger charge is 2.25. The first-order chi connectivity index (χ1) is 12.4. The summed E-state index contributed by atoms with van der Waals surface area (Å²) in [7, 11) is 0. The maximum atomic E-state index is 11.3. The number of hydrogen-bond acceptors (Lipinski definition) is 6. The van der Waals surface area contributed by atoms with E-state index in [2.05, 4.69) is 0 Å². The summed E-state index contributed by atoms with van der Waals surface area (Å²) in [4.78, 5) is 44.5. The minimum atomic E-state index is -0.670. The molecule has 0 radical (unpaired) electrons. The Labute approximate surface area is 147 Å². The number of ketones is 4. The van der Waals surface area contributed by atoms with Crippen molar-refractivity contribution in [2.75, 3.05) is 0 Å². The number of benzene rings is 2. The number of allylic oxidation sites excluding steroid dienone is 2. The molecule has 0 fully saturated rings. The molecule has 0 aromatic heterocycles. The van der Waals surface area contributed by atoms with E-state index in [9.17, 15) is 29.4 Å². The molecule has 2 aromatic carbocycles. The van der Waals surface area contributed by atoms with E-state index in [1.165, 1.54) is 12.1 Å². The average molecular weight is 348 g/mol. The summed E-state index contributed by atoms with van der Waals surface area (Å²) in [6.45, 7) is 0. The van der Waals surface area contributed by atoms with Crippen LogP contribution in [0.2, 0.25) is 0 Å².